The van der Waals surface area contributed by atoms with Crippen LogP contribution in [0.2, 0.25) is 0 Å². The molecular weight excluding hydrogens is 993 g/mol. The summed E-state index contributed by atoms with van der Waals surface area (Å²) in [4.78, 5) is 78.1. The van der Waals surface area contributed by atoms with Crippen molar-refractivity contribution in [2.75, 3.05) is 63.4 Å². The molecule has 9 N–H and O–H groups in total. The van der Waals surface area contributed by atoms with Crippen LogP contribution >= 0.6 is 23.5 Å². The number of rotatable bonds is 27. The molecule has 390 valence electrons. The molecule has 5 heterocycles. The van der Waals surface area contributed by atoms with E-state index in [0.29, 0.717) is 82.1 Å². The lowest BCUT2D eigenvalue weighted by atomic mass is 9.87. The fourth-order valence-corrected chi connectivity index (χ4v) is 11.8. The molecule has 0 aliphatic carbocycles. The Bertz CT molecular complexity index is 2580. The average molecular weight is 1050 g/mol. The zero-order valence-corrected chi connectivity index (χ0v) is 41.6. The van der Waals surface area contributed by atoms with Gasteiger partial charge in [-0.15, -0.1) is 0 Å². The third kappa shape index (κ3) is 15.2. The van der Waals surface area contributed by atoms with Crippen molar-refractivity contribution in [1.82, 2.24) is 40.8 Å². The number of phosphoric ester groups is 1. The summed E-state index contributed by atoms with van der Waals surface area (Å²) in [5, 5.41) is 19.2. The van der Waals surface area contributed by atoms with Gasteiger partial charge < -0.3 is 54.4 Å². The second-order valence-corrected chi connectivity index (χ2v) is 21.4. The van der Waals surface area contributed by atoms with E-state index in [9.17, 15) is 38.2 Å². The molecule has 0 spiro atoms. The molecule has 2 aromatic heterocycles. The van der Waals surface area contributed by atoms with Gasteiger partial charge in [-0.1, -0.05) is 55.3 Å². The normalized spacial score (nSPS) is 21.9. The van der Waals surface area contributed by atoms with E-state index in [1.54, 1.807) is 7.11 Å². The number of unbranched alkanes of at least 4 members (excludes halogenated alkanes) is 4. The first-order chi connectivity index (χ1) is 34.0. The third-order valence-corrected chi connectivity index (χ3v) is 15.7. The highest BCUT2D eigenvalue weighted by molar-refractivity contribution is 7.66. The summed E-state index contributed by atoms with van der Waals surface area (Å²) in [6.07, 6.45) is 4.68. The van der Waals surface area contributed by atoms with Gasteiger partial charge in [0.2, 0.25) is 11.8 Å². The lowest BCUT2D eigenvalue weighted by Crippen LogP contribution is -2.38. The molecule has 71 heavy (non-hydrogen) atoms. The maximum Gasteiger partial charge on any atom is 0.490 e. The Morgan fingerprint density at radius 3 is 2.42 bits per heavy atom. The number of ether oxygens (including phenoxy) is 3. The van der Waals surface area contributed by atoms with E-state index in [0.717, 1.165) is 54.6 Å². The van der Waals surface area contributed by atoms with Gasteiger partial charge in [0.25, 0.3) is 0 Å². The molecule has 26 nitrogen and oxygen atoms in total. The standard InChI is InChI=1S/C42H61N10O16P3/c1-63-22-23-64-21-19-43-35(54)16-8-9-17-36(55)50-25-29-12-4-5-13-31(29)37-39(32-14-6-7-15-33(32)50)52(49-48-37)20-11-3-2-10-18-44-40-38-41(46-27-45-40)51(28-47-38)42-34(53)24-30(66-42)26-65-70(59,60)68-71(61,62)67-69(56,57)58/h4-7,12-15,27-28,30,34,37,39,42,48-49,53H,2-3,8-11,16-26H2,1H3,(H,43,54)(H,59,60)(H,61,62)(H,44,45,46)(H2,56,57,58). The number of carbonyl (C=O) groups is 2. The number of carbonyl (C=O) groups excluding carboxylic acids is 2. The predicted octanol–water partition coefficient (Wildman–Crippen LogP) is 3.78. The first kappa shape index (κ1) is 54.6. The minimum Gasteiger partial charge on any atom is -0.388 e. The summed E-state index contributed by atoms with van der Waals surface area (Å²) in [5.74, 6) is 0.391. The van der Waals surface area contributed by atoms with Gasteiger partial charge in [0.05, 0.1) is 57.5 Å². The van der Waals surface area contributed by atoms with Gasteiger partial charge in [-0.2, -0.15) is 14.2 Å². The number of benzene rings is 2. The summed E-state index contributed by atoms with van der Waals surface area (Å²) in [6.45, 7) is 2.81. The molecule has 7 unspecified atom stereocenters. The molecule has 0 bridgehead atoms. The highest BCUT2D eigenvalue weighted by Gasteiger charge is 2.44. The van der Waals surface area contributed by atoms with Crippen LogP contribution in [-0.2, 0) is 57.2 Å². The largest absolute Gasteiger partial charge is 0.490 e. The fourth-order valence-electron chi connectivity index (χ4n) is 8.71. The molecule has 0 radical (unpaired) electrons. The molecule has 7 rings (SSSR count). The molecule has 2 fully saturated rings. The smallest absolute Gasteiger partial charge is 0.388 e. The molecule has 2 aromatic carbocycles. The number of fused-ring (bicyclic) bond motifs is 6. The number of amides is 2. The topological polar surface area (TPSA) is 340 Å². The molecular formula is C42H61N10O16P3. The van der Waals surface area contributed by atoms with Crippen LogP contribution < -0.4 is 26.5 Å². The Hall–Kier alpha value is -4.14. The molecule has 3 aliphatic heterocycles. The number of aromatic nitrogens is 4. The first-order valence-corrected chi connectivity index (χ1v) is 27.7. The van der Waals surface area contributed by atoms with Gasteiger partial charge in [0.1, 0.15) is 12.4 Å². The maximum absolute atomic E-state index is 14.1. The molecule has 2 amide bonds. The van der Waals surface area contributed by atoms with Crippen LogP contribution in [0.15, 0.2) is 61.2 Å². The quantitative estimate of drug-likeness (QED) is 0.0303. The minimum atomic E-state index is -5.70. The zero-order chi connectivity index (χ0) is 50.6. The van der Waals surface area contributed by atoms with Crippen molar-refractivity contribution in [3.8, 4) is 0 Å². The van der Waals surface area contributed by atoms with Crippen LogP contribution in [0.3, 0.4) is 0 Å². The van der Waals surface area contributed by atoms with E-state index >= 15 is 0 Å². The number of hydrogen-bond acceptors (Lipinski definition) is 19. The first-order valence-electron chi connectivity index (χ1n) is 23.1. The van der Waals surface area contributed by atoms with Crippen LogP contribution in [0.4, 0.5) is 11.5 Å². The molecule has 3 aliphatic rings. The van der Waals surface area contributed by atoms with Gasteiger partial charge in [-0.3, -0.25) is 18.7 Å². The molecule has 7 atom stereocenters. The van der Waals surface area contributed by atoms with Gasteiger partial charge in [0.15, 0.2) is 23.2 Å². The van der Waals surface area contributed by atoms with Crippen molar-refractivity contribution >= 4 is 58.0 Å². The van der Waals surface area contributed by atoms with E-state index in [-0.39, 0.29) is 30.3 Å². The molecule has 0 saturated carbocycles. The van der Waals surface area contributed by atoms with Gasteiger partial charge in [-0.25, -0.2) is 39.1 Å². The number of imidazole rings is 1. The van der Waals surface area contributed by atoms with Crippen molar-refractivity contribution in [2.45, 2.75) is 94.9 Å². The second kappa shape index (κ2) is 25.2. The number of aliphatic hydroxyl groups excluding tert-OH is 1. The van der Waals surface area contributed by atoms with Crippen molar-refractivity contribution in [2.24, 2.45) is 0 Å². The number of nitrogens with one attached hydrogen (secondary N) is 4. The number of phosphoric acid groups is 3. The van der Waals surface area contributed by atoms with Crippen LogP contribution in [-0.4, -0.2) is 126 Å². The van der Waals surface area contributed by atoms with E-state index < -0.39 is 48.5 Å². The monoisotopic (exact) mass is 1050 g/mol. The number of hydrazine groups is 2. The van der Waals surface area contributed by atoms with Crippen LogP contribution in [0.5, 0.6) is 0 Å². The Morgan fingerprint density at radius 2 is 1.62 bits per heavy atom. The predicted molar refractivity (Wildman–Crippen MR) is 253 cm³/mol. The van der Waals surface area contributed by atoms with Gasteiger partial charge in [0, 0.05) is 51.7 Å². The van der Waals surface area contributed by atoms with Gasteiger partial charge in [-0.05, 0) is 48.4 Å². The zero-order valence-electron chi connectivity index (χ0n) is 38.9. The van der Waals surface area contributed by atoms with E-state index in [4.69, 9.17) is 24.0 Å². The Morgan fingerprint density at radius 1 is 0.859 bits per heavy atom. The maximum atomic E-state index is 14.1. The third-order valence-electron chi connectivity index (χ3n) is 11.9. The number of hydrogen-bond donors (Lipinski definition) is 9. The molecule has 4 aromatic rings. The van der Waals surface area contributed by atoms with Crippen molar-refractivity contribution in [1.29, 1.82) is 0 Å². The van der Waals surface area contributed by atoms with E-state index in [1.165, 1.54) is 17.2 Å². The summed E-state index contributed by atoms with van der Waals surface area (Å²) in [6, 6.07) is 16.1. The van der Waals surface area contributed by atoms with Crippen molar-refractivity contribution in [3.63, 3.8) is 0 Å². The molecule has 29 heteroatoms. The number of nitrogens with zero attached hydrogens (tertiary/aromatic N) is 6. The fraction of sp³-hybridized carbons (Fsp3) is 0.548. The van der Waals surface area contributed by atoms with Gasteiger partial charge >= 0.3 is 23.5 Å². The van der Waals surface area contributed by atoms with Crippen LogP contribution in [0, 0.1) is 0 Å². The molecule has 2 saturated heterocycles. The summed E-state index contributed by atoms with van der Waals surface area (Å²) in [5.41, 5.74) is 11.8. The van der Waals surface area contributed by atoms with E-state index in [2.05, 4.69) is 72.9 Å². The highest BCUT2D eigenvalue weighted by atomic mass is 31.3. The summed E-state index contributed by atoms with van der Waals surface area (Å²) >= 11 is 0. The average Bonchev–Trinajstić information content (AvgIpc) is 4.04. The SMILES string of the molecule is COCCOCCNC(=O)CCCCC(=O)N1Cc2ccccc2C2NNN(CCCCCCNc3ncnc4c3ncn4C3OC(COP(=O)(O)OP(=O)(O)OP(=O)(O)O)CC3O)C2c2ccccc21. The number of para-hydroxylation sites is 1. The second-order valence-electron chi connectivity index (χ2n) is 17.0. The summed E-state index contributed by atoms with van der Waals surface area (Å²) in [7, 11) is -15.0. The minimum absolute atomic E-state index is 0.00137. The highest BCUT2D eigenvalue weighted by Crippen LogP contribution is 2.66. The Balaban J connectivity index is 0.883. The van der Waals surface area contributed by atoms with Crippen molar-refractivity contribution < 1.29 is 75.3 Å². The number of methoxy groups -OCH3 is 1. The lowest BCUT2D eigenvalue weighted by molar-refractivity contribution is -0.122. The Labute approximate surface area is 409 Å². The van der Waals surface area contributed by atoms with Crippen molar-refractivity contribution in [3.05, 3.63) is 77.9 Å². The lowest BCUT2D eigenvalue weighted by Gasteiger charge is -2.35. The number of anilines is 2. The number of aliphatic hydroxyl groups is 1. The van der Waals surface area contributed by atoms with E-state index in [1.807, 2.05) is 35.2 Å². The van der Waals surface area contributed by atoms with Crippen LogP contribution in [0.25, 0.3) is 11.2 Å². The summed E-state index contributed by atoms with van der Waals surface area (Å²) < 4.78 is 64.5. The Kier molecular flexibility index (Phi) is 19.4. The van der Waals surface area contributed by atoms with Crippen LogP contribution in [0.1, 0.15) is 92.8 Å².